The molecule has 4 nitrogen and oxygen atoms in total. The van der Waals surface area contributed by atoms with Crippen molar-refractivity contribution < 1.29 is 4.74 Å². The van der Waals surface area contributed by atoms with E-state index in [1.165, 1.54) is 0 Å². The van der Waals surface area contributed by atoms with E-state index in [0.29, 0.717) is 19.0 Å². The largest absolute Gasteiger partial charge is 0.493 e. The van der Waals surface area contributed by atoms with Crippen molar-refractivity contribution in [2.45, 2.75) is 13.0 Å². The quantitative estimate of drug-likeness (QED) is 0.922. The maximum atomic E-state index is 6.11. The molecule has 0 radical (unpaired) electrons. The number of hydrogen-bond donors (Lipinski definition) is 1. The van der Waals surface area contributed by atoms with Crippen molar-refractivity contribution in [2.24, 2.45) is 0 Å². The number of hydrogen-bond acceptors (Lipinski definition) is 3. The fourth-order valence-electron chi connectivity index (χ4n) is 2.13. The second kappa shape index (κ2) is 4.48. The average Bonchev–Trinajstić information content (AvgIpc) is 2.86. The van der Waals surface area contributed by atoms with Crippen molar-refractivity contribution >= 4 is 33.3 Å². The van der Waals surface area contributed by atoms with Crippen LogP contribution in [0.4, 0.5) is 5.82 Å². The monoisotopic (exact) mass is 327 g/mol. The molecule has 0 unspecified atom stereocenters. The third-order valence-electron chi connectivity index (χ3n) is 2.90. The Morgan fingerprint density at radius 1 is 1.50 bits per heavy atom. The lowest BCUT2D eigenvalue weighted by Crippen LogP contribution is -2.03. The average molecular weight is 329 g/mol. The number of aromatic nitrogens is 2. The van der Waals surface area contributed by atoms with Gasteiger partial charge in [0.1, 0.15) is 5.75 Å². The molecular formula is C12H11BrClN3O. The lowest BCUT2D eigenvalue weighted by Gasteiger charge is -2.09. The first-order valence-corrected chi connectivity index (χ1v) is 6.73. The Hall–Kier alpha value is -1.20. The number of nitrogens with two attached hydrogens (primary N) is 1. The number of nitrogen functional groups attached to an aromatic ring is 1. The van der Waals surface area contributed by atoms with Gasteiger partial charge in [-0.15, -0.1) is 0 Å². The molecule has 0 aliphatic carbocycles. The maximum Gasteiger partial charge on any atom is 0.159 e. The topological polar surface area (TPSA) is 53.1 Å². The van der Waals surface area contributed by atoms with Gasteiger partial charge >= 0.3 is 0 Å². The van der Waals surface area contributed by atoms with Crippen molar-refractivity contribution in [3.05, 3.63) is 39.0 Å². The Bertz CT molecular complexity index is 592. The Morgan fingerprint density at radius 2 is 2.33 bits per heavy atom. The first-order chi connectivity index (χ1) is 8.63. The first-order valence-electron chi connectivity index (χ1n) is 5.56. The van der Waals surface area contributed by atoms with E-state index in [1.54, 1.807) is 4.68 Å². The van der Waals surface area contributed by atoms with E-state index >= 15 is 0 Å². The van der Waals surface area contributed by atoms with Crippen LogP contribution in [0.25, 0.3) is 0 Å². The van der Waals surface area contributed by atoms with Crippen molar-refractivity contribution in [2.75, 3.05) is 12.3 Å². The predicted molar refractivity (Wildman–Crippen MR) is 74.1 cm³/mol. The molecular weight excluding hydrogens is 318 g/mol. The highest BCUT2D eigenvalue weighted by Gasteiger charge is 2.18. The molecule has 18 heavy (non-hydrogen) atoms. The molecule has 0 atom stereocenters. The molecule has 3 rings (SSSR count). The van der Waals surface area contributed by atoms with Gasteiger partial charge in [0.2, 0.25) is 0 Å². The van der Waals surface area contributed by atoms with Gasteiger partial charge in [0.05, 0.1) is 17.6 Å². The van der Waals surface area contributed by atoms with Crippen LogP contribution in [0.5, 0.6) is 5.75 Å². The summed E-state index contributed by atoms with van der Waals surface area (Å²) in [5.74, 6) is 1.42. The van der Waals surface area contributed by atoms with E-state index in [1.807, 2.05) is 18.3 Å². The minimum absolute atomic E-state index is 0.481. The maximum absolute atomic E-state index is 6.11. The van der Waals surface area contributed by atoms with Crippen molar-refractivity contribution in [3.8, 4) is 5.75 Å². The van der Waals surface area contributed by atoms with Gasteiger partial charge in [-0.25, -0.2) is 0 Å². The second-order valence-corrected chi connectivity index (χ2v) is 5.50. The van der Waals surface area contributed by atoms with Gasteiger partial charge in [-0.05, 0) is 33.6 Å². The van der Waals surface area contributed by atoms with Crippen LogP contribution in [0.3, 0.4) is 0 Å². The SMILES string of the molecule is Nc1nn(Cc2cc(Cl)cc3c2OCC3)cc1Br. The standard InChI is InChI=1S/C12H11BrClN3O/c13-10-6-17(16-12(10)15)5-8-4-9(14)3-7-1-2-18-11(7)8/h3-4,6H,1-2,5H2,(H2,15,16). The zero-order valence-electron chi connectivity index (χ0n) is 9.49. The van der Waals surface area contributed by atoms with E-state index in [2.05, 4.69) is 21.0 Å². The van der Waals surface area contributed by atoms with Gasteiger partial charge in [0.25, 0.3) is 0 Å². The molecule has 2 heterocycles. The molecule has 2 N–H and O–H groups in total. The summed E-state index contributed by atoms with van der Waals surface area (Å²) in [5.41, 5.74) is 7.90. The number of benzene rings is 1. The Kier molecular flexibility index (Phi) is 2.95. The van der Waals surface area contributed by atoms with E-state index < -0.39 is 0 Å². The van der Waals surface area contributed by atoms with Crippen LogP contribution in [0.15, 0.2) is 22.8 Å². The lowest BCUT2D eigenvalue weighted by atomic mass is 10.1. The van der Waals surface area contributed by atoms with Crippen molar-refractivity contribution in [3.63, 3.8) is 0 Å². The first kappa shape index (κ1) is 11.9. The summed E-state index contributed by atoms with van der Waals surface area (Å²) in [6, 6.07) is 3.87. The Balaban J connectivity index is 1.97. The molecule has 94 valence electrons. The summed E-state index contributed by atoms with van der Waals surface area (Å²) in [7, 11) is 0. The van der Waals surface area contributed by atoms with Crippen molar-refractivity contribution in [1.82, 2.24) is 9.78 Å². The lowest BCUT2D eigenvalue weighted by molar-refractivity contribution is 0.352. The van der Waals surface area contributed by atoms with E-state index in [-0.39, 0.29) is 0 Å². The van der Waals surface area contributed by atoms with E-state index in [0.717, 1.165) is 32.8 Å². The summed E-state index contributed by atoms with van der Waals surface area (Å²) in [5, 5.41) is 4.94. The van der Waals surface area contributed by atoms with Crippen molar-refractivity contribution in [1.29, 1.82) is 0 Å². The summed E-state index contributed by atoms with van der Waals surface area (Å²) in [4.78, 5) is 0. The van der Waals surface area contributed by atoms with Gasteiger partial charge < -0.3 is 10.5 Å². The summed E-state index contributed by atoms with van der Waals surface area (Å²) in [6.07, 6.45) is 2.76. The second-order valence-electron chi connectivity index (χ2n) is 4.21. The zero-order chi connectivity index (χ0) is 12.7. The molecule has 0 spiro atoms. The Morgan fingerprint density at radius 3 is 3.06 bits per heavy atom. The van der Waals surface area contributed by atoms with Gasteiger partial charge in [-0.3, -0.25) is 4.68 Å². The fourth-order valence-corrected chi connectivity index (χ4v) is 2.71. The predicted octanol–water partition coefficient (Wildman–Crippen LogP) is 2.86. The molecule has 0 bridgehead atoms. The summed E-state index contributed by atoms with van der Waals surface area (Å²) in [6.45, 7) is 1.31. The van der Waals surface area contributed by atoms with E-state index in [4.69, 9.17) is 22.1 Å². The van der Waals surface area contributed by atoms with Crippen LogP contribution in [0, 0.1) is 0 Å². The van der Waals surface area contributed by atoms with Gasteiger partial charge in [0, 0.05) is 23.2 Å². The van der Waals surface area contributed by atoms with E-state index in [9.17, 15) is 0 Å². The molecule has 0 saturated carbocycles. The third-order valence-corrected chi connectivity index (χ3v) is 3.73. The molecule has 2 aromatic rings. The number of halogens is 2. The molecule has 0 amide bonds. The highest BCUT2D eigenvalue weighted by Crippen LogP contribution is 2.33. The Labute approximate surface area is 118 Å². The highest BCUT2D eigenvalue weighted by atomic mass is 79.9. The third kappa shape index (κ3) is 2.08. The van der Waals surface area contributed by atoms with Crippen LogP contribution in [0.2, 0.25) is 5.02 Å². The summed E-state index contributed by atoms with van der Waals surface area (Å²) >= 11 is 9.45. The number of anilines is 1. The minimum atomic E-state index is 0.481. The molecule has 1 aromatic carbocycles. The molecule has 0 fully saturated rings. The smallest absolute Gasteiger partial charge is 0.159 e. The summed E-state index contributed by atoms with van der Waals surface area (Å²) < 4.78 is 8.22. The van der Waals surface area contributed by atoms with Gasteiger partial charge in [-0.2, -0.15) is 5.10 Å². The number of rotatable bonds is 2. The van der Waals surface area contributed by atoms with Crippen LogP contribution in [0.1, 0.15) is 11.1 Å². The van der Waals surface area contributed by atoms with Gasteiger partial charge in [0.15, 0.2) is 5.82 Å². The van der Waals surface area contributed by atoms with Crippen LogP contribution >= 0.6 is 27.5 Å². The molecule has 1 aliphatic rings. The fraction of sp³-hybridized carbons (Fsp3) is 0.250. The van der Waals surface area contributed by atoms with Crippen LogP contribution in [-0.2, 0) is 13.0 Å². The minimum Gasteiger partial charge on any atom is -0.493 e. The number of nitrogens with zero attached hydrogens (tertiary/aromatic N) is 2. The highest BCUT2D eigenvalue weighted by molar-refractivity contribution is 9.10. The molecule has 1 aromatic heterocycles. The van der Waals surface area contributed by atoms with Crippen LogP contribution in [-0.4, -0.2) is 16.4 Å². The van der Waals surface area contributed by atoms with Crippen LogP contribution < -0.4 is 10.5 Å². The van der Waals surface area contributed by atoms with Gasteiger partial charge in [-0.1, -0.05) is 11.6 Å². The number of fused-ring (bicyclic) bond motifs is 1. The molecule has 1 aliphatic heterocycles. The molecule has 6 heteroatoms. The number of ether oxygens (including phenoxy) is 1. The normalized spacial score (nSPS) is 13.4. The molecule has 0 saturated heterocycles. The zero-order valence-corrected chi connectivity index (χ0v) is 11.8.